The summed E-state index contributed by atoms with van der Waals surface area (Å²) in [5.74, 6) is 1.45. The van der Waals surface area contributed by atoms with Crippen LogP contribution in [0.4, 0.5) is 5.69 Å². The van der Waals surface area contributed by atoms with Crippen molar-refractivity contribution in [3.8, 4) is 5.75 Å². The highest BCUT2D eigenvalue weighted by atomic mass is 35.5. The van der Waals surface area contributed by atoms with E-state index in [0.29, 0.717) is 37.2 Å². The van der Waals surface area contributed by atoms with Crippen molar-refractivity contribution in [1.82, 2.24) is 4.90 Å². The molecule has 6 atom stereocenters. The molecule has 6 rings (SSSR count). The summed E-state index contributed by atoms with van der Waals surface area (Å²) >= 11 is 4.55. The number of methoxy groups -OCH3 is 1. The zero-order valence-corrected chi connectivity index (χ0v) is 31.9. The molecule has 51 heavy (non-hydrogen) atoms. The zero-order chi connectivity index (χ0) is 36.1. The van der Waals surface area contributed by atoms with Gasteiger partial charge in [-0.05, 0) is 111 Å². The third-order valence-electron chi connectivity index (χ3n) is 12.0. The summed E-state index contributed by atoms with van der Waals surface area (Å²) < 4.78 is 46.5. The summed E-state index contributed by atoms with van der Waals surface area (Å²) in [7, 11) is 1.76. The van der Waals surface area contributed by atoms with Gasteiger partial charge in [0.05, 0.1) is 36.3 Å². The summed E-state index contributed by atoms with van der Waals surface area (Å²) in [6.45, 7) is 9.11. The Bertz CT molecular complexity index is 1500. The summed E-state index contributed by atoms with van der Waals surface area (Å²) in [6.07, 6.45) is 7.88. The normalized spacial score (nSPS) is 27.0. The molecule has 0 spiro atoms. The Hall–Kier alpha value is -2.25. The lowest BCUT2D eigenvalue weighted by atomic mass is 9.65. The number of primary amides is 1. The lowest BCUT2D eigenvalue weighted by Crippen LogP contribution is -2.61. The van der Waals surface area contributed by atoms with Crippen molar-refractivity contribution in [2.75, 3.05) is 51.4 Å². The molecule has 1 aliphatic carbocycles. The molecule has 3 N–H and O–H groups in total. The Balaban J connectivity index is 1.19. The second-order valence-corrected chi connectivity index (χ2v) is 16.9. The van der Waals surface area contributed by atoms with E-state index >= 15 is 0 Å². The van der Waals surface area contributed by atoms with Gasteiger partial charge in [0.1, 0.15) is 12.4 Å². The topological polar surface area (TPSA) is 124 Å². The van der Waals surface area contributed by atoms with E-state index in [0.717, 1.165) is 99.6 Å². The Morgan fingerprint density at radius 2 is 1.86 bits per heavy atom. The van der Waals surface area contributed by atoms with Crippen LogP contribution in [0.3, 0.4) is 0 Å². The van der Waals surface area contributed by atoms with E-state index in [9.17, 15) is 13.6 Å². The lowest BCUT2D eigenvalue weighted by Gasteiger charge is -2.50. The number of fused-ring (bicyclic) bond motifs is 2. The van der Waals surface area contributed by atoms with Crippen LogP contribution < -0.4 is 15.4 Å². The molecule has 3 aliphatic heterocycles. The number of nitrogens with two attached hydrogens (primary N) is 1. The number of rotatable bonds is 13. The van der Waals surface area contributed by atoms with E-state index in [2.05, 4.69) is 16.7 Å². The van der Waals surface area contributed by atoms with Crippen LogP contribution in [0.1, 0.15) is 80.3 Å². The van der Waals surface area contributed by atoms with Crippen molar-refractivity contribution in [2.24, 2.45) is 29.4 Å². The monoisotopic (exact) mass is 745 g/mol. The van der Waals surface area contributed by atoms with Crippen LogP contribution in [0.15, 0.2) is 36.4 Å². The van der Waals surface area contributed by atoms with Gasteiger partial charge in [0.15, 0.2) is 17.4 Å². The summed E-state index contributed by atoms with van der Waals surface area (Å²) in [4.78, 5) is 17.1. The van der Waals surface area contributed by atoms with Crippen molar-refractivity contribution < 1.29 is 32.5 Å². The van der Waals surface area contributed by atoms with Crippen LogP contribution in [-0.2, 0) is 38.3 Å². The van der Waals surface area contributed by atoms with E-state index in [1.165, 1.54) is 5.56 Å². The van der Waals surface area contributed by atoms with Gasteiger partial charge in [-0.25, -0.2) is 4.21 Å². The number of ether oxygens (including phenoxy) is 4. The second-order valence-electron chi connectivity index (χ2n) is 15.2. The first kappa shape index (κ1) is 38.5. The summed E-state index contributed by atoms with van der Waals surface area (Å²) in [5.41, 5.74) is 9.49. The maximum Gasteiger partial charge on any atom is 0.248 e. The Morgan fingerprint density at radius 1 is 1.08 bits per heavy atom. The first-order valence-electron chi connectivity index (χ1n) is 18.8. The van der Waals surface area contributed by atoms with Gasteiger partial charge in [-0.1, -0.05) is 31.0 Å². The summed E-state index contributed by atoms with van der Waals surface area (Å²) in [6, 6.07) is 11.8. The predicted octanol–water partition coefficient (Wildman–Crippen LogP) is 6.29. The maximum absolute atomic E-state index is 12.4. The van der Waals surface area contributed by atoms with Gasteiger partial charge < -0.3 is 34.1 Å². The van der Waals surface area contributed by atoms with Crippen molar-refractivity contribution in [2.45, 2.75) is 95.5 Å². The molecule has 3 fully saturated rings. The molecule has 3 heterocycles. The van der Waals surface area contributed by atoms with Gasteiger partial charge in [0, 0.05) is 49.8 Å². The molecule has 1 saturated carbocycles. The molecule has 2 saturated heterocycles. The van der Waals surface area contributed by atoms with Gasteiger partial charge >= 0.3 is 0 Å². The number of amides is 1. The third-order valence-corrected chi connectivity index (χ3v) is 13.4. The number of likely N-dealkylation sites (tertiary alicyclic amines) is 1. The second kappa shape index (κ2) is 17.7. The molecule has 0 radical (unpaired) electrons. The number of halogens is 1. The van der Waals surface area contributed by atoms with E-state index in [1.54, 1.807) is 13.2 Å². The molecule has 2 aromatic carbocycles. The quantitative estimate of drug-likeness (QED) is 0.228. The Morgan fingerprint density at radius 3 is 2.55 bits per heavy atom. The van der Waals surface area contributed by atoms with Crippen molar-refractivity contribution in [1.29, 1.82) is 0 Å². The van der Waals surface area contributed by atoms with Gasteiger partial charge in [0.25, 0.3) is 0 Å². The average molecular weight is 746 g/mol. The van der Waals surface area contributed by atoms with Gasteiger partial charge in [-0.3, -0.25) is 9.69 Å². The molecule has 0 aromatic heterocycles. The highest BCUT2D eigenvalue weighted by Crippen LogP contribution is 2.46. The highest BCUT2D eigenvalue weighted by molar-refractivity contribution is 7.79. The van der Waals surface area contributed by atoms with Crippen molar-refractivity contribution in [3.05, 3.63) is 58.1 Å². The van der Waals surface area contributed by atoms with Crippen LogP contribution >= 0.6 is 11.6 Å². The Labute approximate surface area is 310 Å². The van der Waals surface area contributed by atoms with E-state index in [1.807, 2.05) is 37.3 Å². The molecule has 1 amide bonds. The molecule has 0 bridgehead atoms. The average Bonchev–Trinajstić information content (AvgIpc) is 3.12. The molecular weight excluding hydrogens is 690 g/mol. The smallest absolute Gasteiger partial charge is 0.248 e. The number of aryl methyl sites for hydroxylation is 1. The van der Waals surface area contributed by atoms with E-state index in [-0.39, 0.29) is 35.5 Å². The molecule has 10 nitrogen and oxygen atoms in total. The predicted molar refractivity (Wildman–Crippen MR) is 201 cm³/mol. The first-order chi connectivity index (χ1) is 24.6. The maximum atomic E-state index is 12.4. The van der Waals surface area contributed by atoms with Crippen LogP contribution in [0.2, 0.25) is 5.02 Å². The van der Waals surface area contributed by atoms with Gasteiger partial charge in [-0.2, -0.15) is 0 Å². The number of benzene rings is 2. The molecule has 12 heteroatoms. The van der Waals surface area contributed by atoms with E-state index in [4.69, 9.17) is 36.3 Å². The number of anilines is 1. The Kier molecular flexibility index (Phi) is 13.4. The molecular formula is C39H56ClN3O7S. The minimum atomic E-state index is -1.83. The molecule has 4 aliphatic rings. The van der Waals surface area contributed by atoms with Crippen LogP contribution in [0.25, 0.3) is 0 Å². The number of carbonyl (C=O) groups excluding carboxylic acids is 1. The van der Waals surface area contributed by atoms with Crippen molar-refractivity contribution in [3.63, 3.8) is 0 Å². The third kappa shape index (κ3) is 9.47. The number of nitrogens with zero attached hydrogens (tertiary/aromatic N) is 2. The fourth-order valence-electron chi connectivity index (χ4n) is 8.30. The SMILES string of the molecule is COC1CN([C@H]2CO[C@@H]([C@H](CCC[C@H](C)[C@@H](C)S(=O)O)[C@@H]3CC[C@H]3CN3CCCCc4cc(Cl)ccc4COc4ccc(C(N)=O)cc43)OC2)C1. The standard InChI is InChI=1S/C39H56ClN3O7S/c1-25(26(2)51(45)46)7-6-9-35(39-49-23-32(24-50-39)43-20-33(21-43)47-3)34-14-11-29(34)19-42-16-5-4-8-27-17-31(40)13-10-30(27)22-48-37-15-12-28(38(41)44)18-36(37)42/h10,12-13,15,17-18,25-26,29,32-35,39H,4-9,11,14,16,19-24H2,1-3H3,(H2,41,44)(H,45,46)/t25-,26+,29-,32-,34+,35+,39+/m0/s1. The molecule has 2 aromatic rings. The lowest BCUT2D eigenvalue weighted by molar-refractivity contribution is -0.251. The largest absolute Gasteiger partial charge is 0.487 e. The highest BCUT2D eigenvalue weighted by Gasteiger charge is 2.44. The molecule has 282 valence electrons. The minimum Gasteiger partial charge on any atom is -0.487 e. The first-order valence-corrected chi connectivity index (χ1v) is 20.3. The fraction of sp³-hybridized carbons (Fsp3) is 0.667. The number of hydrogen-bond donors (Lipinski definition) is 2. The minimum absolute atomic E-state index is 0.141. The van der Waals surface area contributed by atoms with Crippen LogP contribution in [0.5, 0.6) is 5.75 Å². The zero-order valence-electron chi connectivity index (χ0n) is 30.3. The van der Waals surface area contributed by atoms with E-state index < -0.39 is 17.0 Å². The van der Waals surface area contributed by atoms with Gasteiger partial charge in [0.2, 0.25) is 5.91 Å². The molecule has 1 unspecified atom stereocenters. The van der Waals surface area contributed by atoms with Gasteiger partial charge in [-0.15, -0.1) is 0 Å². The van der Waals surface area contributed by atoms with Crippen LogP contribution in [-0.4, -0.2) is 89.8 Å². The van der Waals surface area contributed by atoms with Crippen molar-refractivity contribution >= 4 is 34.3 Å². The summed E-state index contributed by atoms with van der Waals surface area (Å²) in [5, 5.41) is 0.466. The fourth-order valence-corrected chi connectivity index (χ4v) is 9.03. The van der Waals surface area contributed by atoms with Crippen LogP contribution in [0, 0.1) is 23.7 Å². The number of carbonyl (C=O) groups is 1. The number of hydrogen-bond acceptors (Lipinski definition) is 8.